The summed E-state index contributed by atoms with van der Waals surface area (Å²) in [6.07, 6.45) is 1.19. The van der Waals surface area contributed by atoms with Gasteiger partial charge in [0.05, 0.1) is 11.2 Å². The molecular weight excluding hydrogens is 300 g/mol. The van der Waals surface area contributed by atoms with Gasteiger partial charge >= 0.3 is 0 Å². The number of sulfone groups is 1. The van der Waals surface area contributed by atoms with E-state index in [0.29, 0.717) is 0 Å². The summed E-state index contributed by atoms with van der Waals surface area (Å²) >= 11 is 0. The molecule has 0 saturated carbocycles. The normalized spacial score (nSPS) is 17.4. The first-order chi connectivity index (χ1) is 10.1. The largest absolute Gasteiger partial charge is 0.341 e. The molecule has 0 bridgehead atoms. The third-order valence-electron chi connectivity index (χ3n) is 4.43. The van der Waals surface area contributed by atoms with Crippen molar-refractivity contribution in [3.63, 3.8) is 0 Å². The minimum atomic E-state index is -3.20. The second-order valence-electron chi connectivity index (χ2n) is 5.95. The van der Waals surface area contributed by atoms with Crippen LogP contribution in [0.2, 0.25) is 0 Å². The topological polar surface area (TPSA) is 80.5 Å². The molecule has 1 aromatic rings. The third-order valence-corrected chi connectivity index (χ3v) is 6.17. The predicted molar refractivity (Wildman–Crippen MR) is 89.1 cm³/mol. The van der Waals surface area contributed by atoms with Gasteiger partial charge in [0.25, 0.3) is 0 Å². The highest BCUT2D eigenvalue weighted by Gasteiger charge is 2.32. The first kappa shape index (κ1) is 18.6. The van der Waals surface area contributed by atoms with Crippen LogP contribution in [0, 0.1) is 5.92 Å². The van der Waals surface area contributed by atoms with Gasteiger partial charge in [0.2, 0.25) is 5.91 Å². The quantitative estimate of drug-likeness (QED) is 0.861. The van der Waals surface area contributed by atoms with Crippen molar-refractivity contribution in [1.29, 1.82) is 0 Å². The molecule has 4 unspecified atom stereocenters. The Morgan fingerprint density at radius 1 is 1.14 bits per heavy atom. The van der Waals surface area contributed by atoms with Gasteiger partial charge in [0, 0.05) is 25.4 Å². The first-order valence-corrected chi connectivity index (χ1v) is 9.29. The zero-order chi connectivity index (χ0) is 17.1. The van der Waals surface area contributed by atoms with Crippen LogP contribution in [-0.2, 0) is 14.6 Å². The molecule has 0 radical (unpaired) electrons. The highest BCUT2D eigenvalue weighted by atomic mass is 32.2. The molecule has 6 heteroatoms. The number of nitrogens with zero attached hydrogens (tertiary/aromatic N) is 1. The van der Waals surface area contributed by atoms with Crippen molar-refractivity contribution in [1.82, 2.24) is 4.90 Å². The van der Waals surface area contributed by atoms with Gasteiger partial charge in [-0.25, -0.2) is 8.42 Å². The van der Waals surface area contributed by atoms with Crippen LogP contribution in [0.5, 0.6) is 0 Å². The number of benzene rings is 1. The molecule has 0 saturated heterocycles. The second kappa shape index (κ2) is 7.24. The maximum atomic E-state index is 12.6. The fraction of sp³-hybridized carbons (Fsp3) is 0.562. The van der Waals surface area contributed by atoms with E-state index in [1.54, 1.807) is 27.8 Å². The molecule has 1 rings (SSSR count). The number of amides is 1. The Bertz CT molecular complexity index is 601. The van der Waals surface area contributed by atoms with Gasteiger partial charge in [-0.3, -0.25) is 4.79 Å². The van der Waals surface area contributed by atoms with E-state index in [1.165, 1.54) is 11.2 Å². The number of hydrogen-bond acceptors (Lipinski definition) is 4. The first-order valence-electron chi connectivity index (χ1n) is 7.33. The molecule has 5 nitrogen and oxygen atoms in total. The van der Waals surface area contributed by atoms with Crippen LogP contribution < -0.4 is 5.73 Å². The highest BCUT2D eigenvalue weighted by Crippen LogP contribution is 2.22. The number of rotatable bonds is 6. The van der Waals surface area contributed by atoms with Crippen LogP contribution >= 0.6 is 0 Å². The summed E-state index contributed by atoms with van der Waals surface area (Å²) in [5, 5.41) is -0.624. The molecule has 0 aromatic heterocycles. The van der Waals surface area contributed by atoms with E-state index in [4.69, 9.17) is 5.73 Å². The summed E-state index contributed by atoms with van der Waals surface area (Å²) in [7, 11) is -1.58. The van der Waals surface area contributed by atoms with Gasteiger partial charge in [-0.1, -0.05) is 37.3 Å². The number of carbonyl (C=O) groups excluding carboxylic acids is 1. The molecule has 22 heavy (non-hydrogen) atoms. The summed E-state index contributed by atoms with van der Waals surface area (Å²) < 4.78 is 23.3. The second-order valence-corrected chi connectivity index (χ2v) is 8.35. The van der Waals surface area contributed by atoms with Gasteiger partial charge in [0.1, 0.15) is 0 Å². The van der Waals surface area contributed by atoms with Crippen LogP contribution in [0.4, 0.5) is 0 Å². The standard InChI is InChI=1S/C16H26N2O3S/c1-11(15(17)14-9-7-6-8-10-14)16(19)18(4)12(2)13(3)22(5,20)21/h6-13,15H,17H2,1-5H3. The lowest BCUT2D eigenvalue weighted by Crippen LogP contribution is -2.47. The van der Waals surface area contributed by atoms with E-state index in [2.05, 4.69) is 0 Å². The van der Waals surface area contributed by atoms with Crippen LogP contribution in [-0.4, -0.2) is 43.8 Å². The number of nitrogens with two attached hydrogens (primary N) is 1. The van der Waals surface area contributed by atoms with Crippen molar-refractivity contribution >= 4 is 15.7 Å². The smallest absolute Gasteiger partial charge is 0.227 e. The van der Waals surface area contributed by atoms with Gasteiger partial charge in [-0.05, 0) is 19.4 Å². The fourth-order valence-corrected chi connectivity index (χ4v) is 3.21. The van der Waals surface area contributed by atoms with E-state index in [-0.39, 0.29) is 5.91 Å². The molecule has 124 valence electrons. The monoisotopic (exact) mass is 326 g/mol. The summed E-state index contributed by atoms with van der Waals surface area (Å²) in [6.45, 7) is 5.13. The van der Waals surface area contributed by atoms with Crippen molar-refractivity contribution in [2.75, 3.05) is 13.3 Å². The van der Waals surface area contributed by atoms with Crippen molar-refractivity contribution in [2.24, 2.45) is 11.7 Å². The van der Waals surface area contributed by atoms with Crippen LogP contribution in [0.25, 0.3) is 0 Å². The molecule has 4 atom stereocenters. The summed E-state index contributed by atoms with van der Waals surface area (Å²) in [5.41, 5.74) is 7.06. The van der Waals surface area contributed by atoms with Crippen LogP contribution in [0.15, 0.2) is 30.3 Å². The molecular formula is C16H26N2O3S. The molecule has 0 aliphatic heterocycles. The fourth-order valence-electron chi connectivity index (χ4n) is 2.31. The summed E-state index contributed by atoms with van der Waals surface area (Å²) in [4.78, 5) is 14.1. The average Bonchev–Trinajstić information content (AvgIpc) is 2.50. The van der Waals surface area contributed by atoms with Crippen LogP contribution in [0.3, 0.4) is 0 Å². The van der Waals surface area contributed by atoms with Gasteiger partial charge in [0.15, 0.2) is 9.84 Å². The Kier molecular flexibility index (Phi) is 6.14. The summed E-state index contributed by atoms with van der Waals surface area (Å²) in [6, 6.07) is 8.60. The van der Waals surface area contributed by atoms with E-state index < -0.39 is 33.1 Å². The molecule has 1 amide bonds. The third kappa shape index (κ3) is 4.30. The maximum Gasteiger partial charge on any atom is 0.227 e. The average molecular weight is 326 g/mol. The lowest BCUT2D eigenvalue weighted by atomic mass is 9.94. The zero-order valence-electron chi connectivity index (χ0n) is 13.9. The van der Waals surface area contributed by atoms with Gasteiger partial charge in [-0.15, -0.1) is 0 Å². The Balaban J connectivity index is 2.86. The predicted octanol–water partition coefficient (Wildman–Crippen LogP) is 1.60. The molecule has 1 aromatic carbocycles. The Morgan fingerprint density at radius 2 is 1.64 bits per heavy atom. The number of hydrogen-bond donors (Lipinski definition) is 1. The van der Waals surface area contributed by atoms with Crippen molar-refractivity contribution in [2.45, 2.75) is 38.1 Å². The molecule has 2 N–H and O–H groups in total. The van der Waals surface area contributed by atoms with E-state index in [1.807, 2.05) is 30.3 Å². The SMILES string of the molecule is CC(C(=O)N(C)C(C)C(C)S(C)(=O)=O)C(N)c1ccccc1. The minimum absolute atomic E-state index is 0.153. The molecule has 0 heterocycles. The van der Waals surface area contributed by atoms with Gasteiger partial charge in [-0.2, -0.15) is 0 Å². The van der Waals surface area contributed by atoms with Crippen LogP contribution in [0.1, 0.15) is 32.4 Å². The number of carbonyl (C=O) groups is 1. The van der Waals surface area contributed by atoms with E-state index >= 15 is 0 Å². The summed E-state index contributed by atoms with van der Waals surface area (Å²) in [5.74, 6) is -0.582. The Hall–Kier alpha value is -1.40. The minimum Gasteiger partial charge on any atom is -0.341 e. The molecule has 0 aliphatic carbocycles. The van der Waals surface area contributed by atoms with E-state index in [9.17, 15) is 13.2 Å². The Labute approximate surface area is 133 Å². The lowest BCUT2D eigenvalue weighted by Gasteiger charge is -2.32. The molecule has 0 spiro atoms. The van der Waals surface area contributed by atoms with Crippen molar-refractivity contribution < 1.29 is 13.2 Å². The van der Waals surface area contributed by atoms with Crippen molar-refractivity contribution in [3.8, 4) is 0 Å². The molecule has 0 aliphatic rings. The Morgan fingerprint density at radius 3 is 2.09 bits per heavy atom. The lowest BCUT2D eigenvalue weighted by molar-refractivity contribution is -0.136. The zero-order valence-corrected chi connectivity index (χ0v) is 14.7. The van der Waals surface area contributed by atoms with Crippen molar-refractivity contribution in [3.05, 3.63) is 35.9 Å². The van der Waals surface area contributed by atoms with Gasteiger partial charge < -0.3 is 10.6 Å². The maximum absolute atomic E-state index is 12.6. The van der Waals surface area contributed by atoms with E-state index in [0.717, 1.165) is 5.56 Å². The molecule has 0 fully saturated rings. The highest BCUT2D eigenvalue weighted by molar-refractivity contribution is 7.91.